The molecule has 0 fully saturated rings. The van der Waals surface area contributed by atoms with Crippen LogP contribution in [-0.2, 0) is 0 Å². The van der Waals surface area contributed by atoms with Crippen LogP contribution in [0.5, 0.6) is 0 Å². The molecule has 0 heterocycles. The summed E-state index contributed by atoms with van der Waals surface area (Å²) in [5.41, 5.74) is 6.82. The molecular weight excluding hydrogens is 166 g/mol. The van der Waals surface area contributed by atoms with Crippen molar-refractivity contribution in [1.29, 1.82) is 0 Å². The summed E-state index contributed by atoms with van der Waals surface area (Å²) in [5.74, 6) is 1.04. The molecule has 1 atom stereocenters. The number of thioether (sulfide) groups is 1. The monoisotopic (exact) mass is 181 g/mol. The fourth-order valence-electron chi connectivity index (χ4n) is 1.07. The van der Waals surface area contributed by atoms with Crippen molar-refractivity contribution in [2.45, 2.75) is 12.2 Å². The molecule has 1 aromatic carbocycles. The first-order chi connectivity index (χ1) is 5.84. The van der Waals surface area contributed by atoms with E-state index in [1.54, 1.807) is 0 Å². The van der Waals surface area contributed by atoms with Gasteiger partial charge in [0.2, 0.25) is 0 Å². The Hall–Kier alpha value is -0.470. The third-order valence-corrected chi connectivity index (χ3v) is 3.00. The molecule has 0 aliphatic heterocycles. The molecule has 1 nitrogen and oxygen atoms in total. The summed E-state index contributed by atoms with van der Waals surface area (Å²) in [6.07, 6.45) is 0. The van der Waals surface area contributed by atoms with Gasteiger partial charge in [-0.1, -0.05) is 30.3 Å². The topological polar surface area (TPSA) is 26.0 Å². The summed E-state index contributed by atoms with van der Waals surface area (Å²) in [4.78, 5) is 0. The second kappa shape index (κ2) is 5.22. The van der Waals surface area contributed by atoms with Crippen LogP contribution in [0.2, 0.25) is 0 Å². The highest BCUT2D eigenvalue weighted by atomic mass is 32.2. The van der Waals surface area contributed by atoms with Gasteiger partial charge in [-0.05, 0) is 12.5 Å². The highest BCUT2D eigenvalue weighted by Crippen LogP contribution is 2.26. The molecule has 0 aliphatic rings. The van der Waals surface area contributed by atoms with Crippen molar-refractivity contribution >= 4 is 11.8 Å². The largest absolute Gasteiger partial charge is 0.330 e. The van der Waals surface area contributed by atoms with E-state index >= 15 is 0 Å². The summed E-state index contributed by atoms with van der Waals surface area (Å²) >= 11 is 1.90. The second-order valence-electron chi connectivity index (χ2n) is 2.71. The van der Waals surface area contributed by atoms with Crippen molar-refractivity contribution in [3.05, 3.63) is 35.9 Å². The van der Waals surface area contributed by atoms with Crippen molar-refractivity contribution in [2.75, 3.05) is 12.3 Å². The van der Waals surface area contributed by atoms with E-state index in [1.807, 2.05) is 17.8 Å². The Kier molecular flexibility index (Phi) is 4.19. The Balaban J connectivity index is 2.48. The van der Waals surface area contributed by atoms with Crippen molar-refractivity contribution in [3.63, 3.8) is 0 Å². The Morgan fingerprint density at radius 2 is 2.00 bits per heavy atom. The third kappa shape index (κ3) is 2.88. The Labute approximate surface area is 78.4 Å². The molecule has 0 amide bonds. The molecule has 0 saturated carbocycles. The quantitative estimate of drug-likeness (QED) is 0.772. The van der Waals surface area contributed by atoms with Crippen LogP contribution in [0.3, 0.4) is 0 Å². The first-order valence-corrected chi connectivity index (χ1v) is 5.26. The lowest BCUT2D eigenvalue weighted by Crippen LogP contribution is -2.02. The van der Waals surface area contributed by atoms with Crippen molar-refractivity contribution in [3.8, 4) is 0 Å². The number of hydrogen-bond donors (Lipinski definition) is 1. The number of nitrogens with two attached hydrogens (primary N) is 1. The van der Waals surface area contributed by atoms with Gasteiger partial charge in [-0.2, -0.15) is 11.8 Å². The molecule has 1 unspecified atom stereocenters. The van der Waals surface area contributed by atoms with E-state index in [2.05, 4.69) is 31.2 Å². The van der Waals surface area contributed by atoms with E-state index in [9.17, 15) is 0 Å². The van der Waals surface area contributed by atoms with Crippen LogP contribution in [0.25, 0.3) is 0 Å². The van der Waals surface area contributed by atoms with Crippen LogP contribution in [-0.4, -0.2) is 12.3 Å². The molecule has 12 heavy (non-hydrogen) atoms. The predicted molar refractivity (Wildman–Crippen MR) is 56.4 cm³/mol. The summed E-state index contributed by atoms with van der Waals surface area (Å²) in [5, 5.41) is 0.565. The van der Waals surface area contributed by atoms with Gasteiger partial charge in [0.15, 0.2) is 0 Å². The summed E-state index contributed by atoms with van der Waals surface area (Å²) in [6.45, 7) is 2.98. The van der Waals surface area contributed by atoms with Crippen molar-refractivity contribution < 1.29 is 0 Å². The third-order valence-electron chi connectivity index (χ3n) is 1.75. The van der Waals surface area contributed by atoms with Gasteiger partial charge in [0.05, 0.1) is 0 Å². The lowest BCUT2D eigenvalue weighted by atomic mass is 10.2. The van der Waals surface area contributed by atoms with Gasteiger partial charge in [0, 0.05) is 17.5 Å². The van der Waals surface area contributed by atoms with Gasteiger partial charge < -0.3 is 5.73 Å². The molecule has 1 rings (SSSR count). The zero-order valence-electron chi connectivity index (χ0n) is 7.36. The van der Waals surface area contributed by atoms with E-state index < -0.39 is 0 Å². The fraction of sp³-hybridized carbons (Fsp3) is 0.400. The van der Waals surface area contributed by atoms with Gasteiger partial charge in [-0.25, -0.2) is 0 Å². The molecule has 2 N–H and O–H groups in total. The molecule has 66 valence electrons. The highest BCUT2D eigenvalue weighted by molar-refractivity contribution is 7.99. The molecule has 1 aromatic rings. The van der Waals surface area contributed by atoms with Gasteiger partial charge in [0.25, 0.3) is 0 Å². The second-order valence-corrected chi connectivity index (χ2v) is 4.16. The fourth-order valence-corrected chi connectivity index (χ4v) is 1.90. The molecule has 0 radical (unpaired) electrons. The molecule has 0 aromatic heterocycles. The Bertz CT molecular complexity index is 210. The van der Waals surface area contributed by atoms with E-state index in [0.717, 1.165) is 12.3 Å². The van der Waals surface area contributed by atoms with E-state index in [0.29, 0.717) is 5.25 Å². The minimum atomic E-state index is 0.565. The molecular formula is C10H15NS. The van der Waals surface area contributed by atoms with Crippen molar-refractivity contribution in [1.82, 2.24) is 0 Å². The maximum absolute atomic E-state index is 5.43. The molecule has 0 saturated heterocycles. The van der Waals surface area contributed by atoms with Crippen LogP contribution in [0.15, 0.2) is 30.3 Å². The molecule has 2 heteroatoms. The van der Waals surface area contributed by atoms with Crippen LogP contribution in [0, 0.1) is 0 Å². The van der Waals surface area contributed by atoms with E-state index in [4.69, 9.17) is 5.73 Å². The Morgan fingerprint density at radius 1 is 1.33 bits per heavy atom. The highest BCUT2D eigenvalue weighted by Gasteiger charge is 2.02. The summed E-state index contributed by atoms with van der Waals surface area (Å²) in [7, 11) is 0. The average molecular weight is 181 g/mol. The smallest absolute Gasteiger partial charge is 0.0269 e. The molecule has 0 bridgehead atoms. The zero-order chi connectivity index (χ0) is 8.81. The zero-order valence-corrected chi connectivity index (χ0v) is 8.18. The lowest BCUT2D eigenvalue weighted by Gasteiger charge is -2.09. The standard InChI is InChI=1S/C10H15NS/c1-9(12-8-7-11)10-5-3-2-4-6-10/h2-6,9H,7-8,11H2,1H3. The van der Waals surface area contributed by atoms with Crippen LogP contribution >= 0.6 is 11.8 Å². The van der Waals surface area contributed by atoms with Crippen molar-refractivity contribution in [2.24, 2.45) is 5.73 Å². The van der Waals surface area contributed by atoms with Gasteiger partial charge in [-0.15, -0.1) is 0 Å². The minimum absolute atomic E-state index is 0.565. The predicted octanol–water partition coefficient (Wildman–Crippen LogP) is 2.44. The van der Waals surface area contributed by atoms with Crippen LogP contribution in [0.4, 0.5) is 0 Å². The first kappa shape index (κ1) is 9.62. The van der Waals surface area contributed by atoms with E-state index in [-0.39, 0.29) is 0 Å². The number of benzene rings is 1. The van der Waals surface area contributed by atoms with E-state index in [1.165, 1.54) is 5.56 Å². The summed E-state index contributed by atoms with van der Waals surface area (Å²) < 4.78 is 0. The average Bonchev–Trinajstić information content (AvgIpc) is 2.15. The number of hydrogen-bond acceptors (Lipinski definition) is 2. The van der Waals surface area contributed by atoms with Gasteiger partial charge in [0.1, 0.15) is 0 Å². The van der Waals surface area contributed by atoms with Gasteiger partial charge in [-0.3, -0.25) is 0 Å². The molecule has 0 aliphatic carbocycles. The number of rotatable bonds is 4. The maximum Gasteiger partial charge on any atom is 0.0269 e. The molecule has 0 spiro atoms. The summed E-state index contributed by atoms with van der Waals surface area (Å²) in [6, 6.07) is 10.5. The lowest BCUT2D eigenvalue weighted by molar-refractivity contribution is 1.08. The van der Waals surface area contributed by atoms with Crippen LogP contribution in [0.1, 0.15) is 17.7 Å². The normalized spacial score (nSPS) is 12.8. The first-order valence-electron chi connectivity index (χ1n) is 4.21. The Morgan fingerprint density at radius 3 is 2.58 bits per heavy atom. The van der Waals surface area contributed by atoms with Crippen LogP contribution < -0.4 is 5.73 Å². The van der Waals surface area contributed by atoms with Gasteiger partial charge >= 0.3 is 0 Å². The maximum atomic E-state index is 5.43. The minimum Gasteiger partial charge on any atom is -0.330 e. The SMILES string of the molecule is CC(SCCN)c1ccccc1.